The van der Waals surface area contributed by atoms with Crippen LogP contribution >= 0.6 is 0 Å². The lowest BCUT2D eigenvalue weighted by atomic mass is 9.84. The minimum Gasteiger partial charge on any atom is -0.383 e. The standard InChI is InChI=1S/C48H57N5/c1-5-38-26-41(23-22-39(38)21-18-36-12-8-6-9-13-36)42-27-44(48(49)51-28-42)47-25-24-43(29-50-47)52-35(4)45-31-53(30-37-14-10-7-11-15-37)32-46(34(45)3)40-19-16-33(2)17-20-40/h16-17,19-20,22-29,31-32,36-37,52H,3-15,18,21,30H2,1-2H3,(H2,49,51). The Morgan fingerprint density at radius 2 is 1.51 bits per heavy atom. The van der Waals surface area contributed by atoms with Crippen molar-refractivity contribution in [2.45, 2.75) is 97.3 Å². The first-order chi connectivity index (χ1) is 25.8. The van der Waals surface area contributed by atoms with Gasteiger partial charge in [-0.25, -0.2) is 4.98 Å². The molecule has 0 amide bonds. The van der Waals surface area contributed by atoms with Crippen LogP contribution in [0.25, 0.3) is 28.0 Å². The van der Waals surface area contributed by atoms with Crippen molar-refractivity contribution < 1.29 is 0 Å². The molecule has 4 aromatic rings. The maximum Gasteiger partial charge on any atom is 0.132 e. The molecule has 2 aromatic carbocycles. The Hall–Kier alpha value is -4.90. The smallest absolute Gasteiger partial charge is 0.132 e. The van der Waals surface area contributed by atoms with Gasteiger partial charge < -0.3 is 16.0 Å². The van der Waals surface area contributed by atoms with E-state index in [4.69, 9.17) is 10.7 Å². The normalized spacial score (nSPS) is 17.0. The van der Waals surface area contributed by atoms with Crippen molar-refractivity contribution in [1.29, 1.82) is 0 Å². The first-order valence-corrected chi connectivity index (χ1v) is 20.1. The summed E-state index contributed by atoms with van der Waals surface area (Å²) in [6.07, 6.45) is 25.4. The van der Waals surface area contributed by atoms with E-state index < -0.39 is 0 Å². The lowest BCUT2D eigenvalue weighted by molar-refractivity contribution is 0.295. The molecule has 0 saturated heterocycles. The Morgan fingerprint density at radius 1 is 0.792 bits per heavy atom. The molecule has 0 unspecified atom stereocenters. The van der Waals surface area contributed by atoms with Gasteiger partial charge in [0.15, 0.2) is 0 Å². The number of benzene rings is 2. The molecular weight excluding hydrogens is 647 g/mol. The molecule has 5 heteroatoms. The maximum absolute atomic E-state index is 6.46. The number of rotatable bonds is 12. The number of nitrogens with one attached hydrogen (secondary N) is 1. The molecule has 2 fully saturated rings. The predicted molar refractivity (Wildman–Crippen MR) is 224 cm³/mol. The van der Waals surface area contributed by atoms with Crippen LogP contribution in [0.2, 0.25) is 0 Å². The van der Waals surface area contributed by atoms with Gasteiger partial charge in [0.1, 0.15) is 5.82 Å². The van der Waals surface area contributed by atoms with E-state index in [1.807, 2.05) is 24.5 Å². The molecule has 7 rings (SSSR count). The average molecular weight is 704 g/mol. The van der Waals surface area contributed by atoms with Crippen molar-refractivity contribution in [3.8, 4) is 22.4 Å². The second kappa shape index (κ2) is 16.8. The highest BCUT2D eigenvalue weighted by Gasteiger charge is 2.23. The summed E-state index contributed by atoms with van der Waals surface area (Å²) >= 11 is 0. The third-order valence-corrected chi connectivity index (χ3v) is 11.8. The highest BCUT2D eigenvalue weighted by Crippen LogP contribution is 2.37. The second-order valence-electron chi connectivity index (χ2n) is 15.7. The summed E-state index contributed by atoms with van der Waals surface area (Å²) in [5, 5.41) is 3.54. The van der Waals surface area contributed by atoms with Gasteiger partial charge in [-0.1, -0.05) is 119 Å². The van der Waals surface area contributed by atoms with Gasteiger partial charge in [0.05, 0.1) is 17.6 Å². The average Bonchev–Trinajstić information content (AvgIpc) is 3.19. The van der Waals surface area contributed by atoms with E-state index in [-0.39, 0.29) is 0 Å². The summed E-state index contributed by atoms with van der Waals surface area (Å²) in [7, 11) is 0. The summed E-state index contributed by atoms with van der Waals surface area (Å²) in [6, 6.07) is 21.8. The number of nitrogens with two attached hydrogens (primary N) is 1. The summed E-state index contributed by atoms with van der Waals surface area (Å²) in [4.78, 5) is 11.8. The van der Waals surface area contributed by atoms with Gasteiger partial charge in [-0.3, -0.25) is 4.98 Å². The number of aryl methyl sites for hydroxylation is 3. The van der Waals surface area contributed by atoms with E-state index in [0.29, 0.717) is 11.7 Å². The van der Waals surface area contributed by atoms with Gasteiger partial charge in [0.2, 0.25) is 0 Å². The van der Waals surface area contributed by atoms with Crippen molar-refractivity contribution in [3.05, 3.63) is 138 Å². The van der Waals surface area contributed by atoms with Crippen LogP contribution in [0.3, 0.4) is 0 Å². The van der Waals surface area contributed by atoms with Crippen LogP contribution in [0.4, 0.5) is 11.5 Å². The Kier molecular flexibility index (Phi) is 11.6. The fraction of sp³-hybridized carbons (Fsp3) is 0.375. The topological polar surface area (TPSA) is 67.1 Å². The molecule has 274 valence electrons. The number of nitrogen functional groups attached to an aromatic ring is 1. The quantitative estimate of drug-likeness (QED) is 0.154. The zero-order chi connectivity index (χ0) is 36.7. The molecule has 1 aliphatic heterocycles. The molecule has 0 spiro atoms. The van der Waals surface area contributed by atoms with Gasteiger partial charge in [-0.2, -0.15) is 0 Å². The highest BCUT2D eigenvalue weighted by atomic mass is 15.1. The van der Waals surface area contributed by atoms with E-state index in [0.717, 1.165) is 63.8 Å². The number of hydrogen-bond donors (Lipinski definition) is 2. The van der Waals surface area contributed by atoms with Crippen molar-refractivity contribution in [2.75, 3.05) is 17.6 Å². The van der Waals surface area contributed by atoms with Crippen molar-refractivity contribution in [1.82, 2.24) is 14.9 Å². The van der Waals surface area contributed by atoms with Crippen LogP contribution in [-0.4, -0.2) is 21.4 Å². The van der Waals surface area contributed by atoms with Crippen molar-refractivity contribution in [3.63, 3.8) is 0 Å². The number of nitrogens with zero attached hydrogens (tertiary/aromatic N) is 3. The van der Waals surface area contributed by atoms with Crippen LogP contribution in [-0.2, 0) is 12.8 Å². The van der Waals surface area contributed by atoms with Gasteiger partial charge in [0.25, 0.3) is 0 Å². The summed E-state index contributed by atoms with van der Waals surface area (Å²) < 4.78 is 0. The number of pyridine rings is 2. The van der Waals surface area contributed by atoms with Crippen LogP contribution in [0.1, 0.15) is 99.8 Å². The van der Waals surface area contributed by atoms with Crippen LogP contribution < -0.4 is 11.1 Å². The van der Waals surface area contributed by atoms with E-state index in [1.165, 1.54) is 105 Å². The Bertz CT molecular complexity index is 1970. The van der Waals surface area contributed by atoms with Crippen molar-refractivity contribution >= 4 is 17.1 Å². The van der Waals surface area contributed by atoms with Gasteiger partial charge in [0, 0.05) is 53.1 Å². The van der Waals surface area contributed by atoms with Crippen LogP contribution in [0.5, 0.6) is 0 Å². The second-order valence-corrected chi connectivity index (χ2v) is 15.7. The van der Waals surface area contributed by atoms with E-state index in [2.05, 4.69) is 103 Å². The number of aromatic nitrogens is 2. The largest absolute Gasteiger partial charge is 0.383 e. The molecule has 3 heterocycles. The number of anilines is 2. The zero-order valence-corrected chi connectivity index (χ0v) is 32.0. The zero-order valence-electron chi connectivity index (χ0n) is 32.0. The lowest BCUT2D eigenvalue weighted by Crippen LogP contribution is -2.25. The van der Waals surface area contributed by atoms with Gasteiger partial charge >= 0.3 is 0 Å². The van der Waals surface area contributed by atoms with Crippen LogP contribution in [0.15, 0.2) is 115 Å². The molecule has 0 radical (unpaired) electrons. The van der Waals surface area contributed by atoms with E-state index >= 15 is 0 Å². The molecule has 3 aliphatic rings. The van der Waals surface area contributed by atoms with E-state index in [9.17, 15) is 0 Å². The first kappa shape index (κ1) is 36.5. The highest BCUT2D eigenvalue weighted by molar-refractivity contribution is 5.86. The monoisotopic (exact) mass is 703 g/mol. The molecule has 0 bridgehead atoms. The van der Waals surface area contributed by atoms with Crippen LogP contribution in [0, 0.1) is 18.8 Å². The molecule has 0 atom stereocenters. The Balaban J connectivity index is 1.06. The molecular formula is C48H57N5. The molecule has 53 heavy (non-hydrogen) atoms. The number of allylic oxidation sites excluding steroid dienone is 2. The Labute approximate surface area is 317 Å². The minimum atomic E-state index is 0.475. The Morgan fingerprint density at radius 3 is 2.21 bits per heavy atom. The fourth-order valence-corrected chi connectivity index (χ4v) is 8.61. The SMILES string of the molecule is C=C(Nc1ccc(-c2cc(-c3ccc(CCC4CCCCC4)c(CC)c3)cnc2N)nc1)C1=CN(CC2CCCCC2)C=C(c2ccc(C)cc2)C1=C. The third-order valence-electron chi connectivity index (χ3n) is 11.8. The summed E-state index contributed by atoms with van der Waals surface area (Å²) in [5.41, 5.74) is 20.4. The van der Waals surface area contributed by atoms with Gasteiger partial charge in [-0.15, -0.1) is 0 Å². The predicted octanol–water partition coefficient (Wildman–Crippen LogP) is 12.1. The lowest BCUT2D eigenvalue weighted by Gasteiger charge is -2.32. The summed E-state index contributed by atoms with van der Waals surface area (Å²) in [5.74, 6) is 2.07. The number of hydrogen-bond acceptors (Lipinski definition) is 5. The molecule has 5 nitrogen and oxygen atoms in total. The first-order valence-electron chi connectivity index (χ1n) is 20.1. The fourth-order valence-electron chi connectivity index (χ4n) is 8.61. The third kappa shape index (κ3) is 8.84. The summed E-state index contributed by atoms with van der Waals surface area (Å²) in [6.45, 7) is 14.4. The van der Waals surface area contributed by atoms with E-state index in [1.54, 1.807) is 0 Å². The molecule has 2 aromatic heterocycles. The molecule has 3 N–H and O–H groups in total. The van der Waals surface area contributed by atoms with Crippen molar-refractivity contribution in [2.24, 2.45) is 11.8 Å². The molecule has 2 aliphatic carbocycles. The maximum atomic E-state index is 6.46. The minimum absolute atomic E-state index is 0.475. The molecule has 2 saturated carbocycles. The van der Waals surface area contributed by atoms with Gasteiger partial charge in [-0.05, 0) is 96.9 Å².